The van der Waals surface area contributed by atoms with E-state index in [2.05, 4.69) is 7.11 Å². The maximum atomic E-state index is 4.97. The Morgan fingerprint density at radius 3 is 2.20 bits per heavy atom. The molecule has 0 fully saturated rings. The van der Waals surface area contributed by atoms with Gasteiger partial charge in [-0.25, -0.2) is 0 Å². The van der Waals surface area contributed by atoms with Gasteiger partial charge >= 0.3 is 0 Å². The van der Waals surface area contributed by atoms with Gasteiger partial charge in [0.1, 0.15) is 7.11 Å². The first kappa shape index (κ1) is 6.93. The van der Waals surface area contributed by atoms with E-state index >= 15 is 0 Å². The van der Waals surface area contributed by atoms with Crippen molar-refractivity contribution < 1.29 is 9.47 Å². The lowest BCUT2D eigenvalue weighted by molar-refractivity contribution is 0.376. The Balaban J connectivity index is 2.96. The molecule has 0 saturated carbocycles. The van der Waals surface area contributed by atoms with Gasteiger partial charge in [0.05, 0.1) is 7.11 Å². The third-order valence-corrected chi connectivity index (χ3v) is 1.22. The number of methoxy groups -OCH3 is 1. The van der Waals surface area contributed by atoms with E-state index in [1.807, 2.05) is 18.2 Å². The SMILES string of the molecule is [CH2]Oc1ccccc1OC. The Labute approximate surface area is 60.4 Å². The molecule has 0 bridgehead atoms. The summed E-state index contributed by atoms with van der Waals surface area (Å²) in [5.74, 6) is 1.36. The number of para-hydroxylation sites is 2. The summed E-state index contributed by atoms with van der Waals surface area (Å²) in [6.45, 7) is 0. The first-order valence-electron chi connectivity index (χ1n) is 2.93. The van der Waals surface area contributed by atoms with Gasteiger partial charge in [-0.3, -0.25) is 0 Å². The topological polar surface area (TPSA) is 18.5 Å². The Morgan fingerprint density at radius 1 is 1.20 bits per heavy atom. The van der Waals surface area contributed by atoms with E-state index in [4.69, 9.17) is 9.47 Å². The first-order valence-corrected chi connectivity index (χ1v) is 2.93. The van der Waals surface area contributed by atoms with E-state index in [0.717, 1.165) is 0 Å². The molecular weight excluding hydrogens is 128 g/mol. The van der Waals surface area contributed by atoms with Crippen LogP contribution < -0.4 is 9.47 Å². The Kier molecular flexibility index (Phi) is 2.15. The van der Waals surface area contributed by atoms with Crippen LogP contribution in [0.4, 0.5) is 0 Å². The molecule has 0 aliphatic heterocycles. The third-order valence-electron chi connectivity index (χ3n) is 1.22. The quantitative estimate of drug-likeness (QED) is 0.619. The van der Waals surface area contributed by atoms with Crippen LogP contribution in [0.5, 0.6) is 11.5 Å². The van der Waals surface area contributed by atoms with Gasteiger partial charge in [0.25, 0.3) is 0 Å². The van der Waals surface area contributed by atoms with Gasteiger partial charge in [0.15, 0.2) is 11.5 Å². The molecule has 10 heavy (non-hydrogen) atoms. The predicted molar refractivity (Wildman–Crippen MR) is 39.0 cm³/mol. The molecule has 0 aromatic heterocycles. The maximum Gasteiger partial charge on any atom is 0.161 e. The molecule has 0 N–H and O–H groups in total. The fourth-order valence-electron chi connectivity index (χ4n) is 0.738. The van der Waals surface area contributed by atoms with Crippen LogP contribution in [0.25, 0.3) is 0 Å². The van der Waals surface area contributed by atoms with Crippen LogP contribution in [0.3, 0.4) is 0 Å². The molecule has 2 nitrogen and oxygen atoms in total. The van der Waals surface area contributed by atoms with E-state index in [1.54, 1.807) is 13.2 Å². The summed E-state index contributed by atoms with van der Waals surface area (Å²) in [6.07, 6.45) is 0. The van der Waals surface area contributed by atoms with Crippen molar-refractivity contribution in [1.29, 1.82) is 0 Å². The lowest BCUT2D eigenvalue weighted by Gasteiger charge is -2.04. The van der Waals surface area contributed by atoms with Gasteiger partial charge in [-0.05, 0) is 12.1 Å². The molecule has 0 spiro atoms. The molecule has 0 heterocycles. The first-order chi connectivity index (χ1) is 4.88. The second-order valence-electron chi connectivity index (χ2n) is 1.80. The van der Waals surface area contributed by atoms with Crippen LogP contribution in [-0.4, -0.2) is 7.11 Å². The van der Waals surface area contributed by atoms with Crippen molar-refractivity contribution >= 4 is 0 Å². The fraction of sp³-hybridized carbons (Fsp3) is 0.125. The van der Waals surface area contributed by atoms with Crippen LogP contribution >= 0.6 is 0 Å². The van der Waals surface area contributed by atoms with Crippen LogP contribution in [0.2, 0.25) is 0 Å². The summed E-state index contributed by atoms with van der Waals surface area (Å²) in [5, 5.41) is 0. The fourth-order valence-corrected chi connectivity index (χ4v) is 0.738. The van der Waals surface area contributed by atoms with Crippen molar-refractivity contribution in [3.63, 3.8) is 0 Å². The minimum Gasteiger partial charge on any atom is -0.493 e. The highest BCUT2D eigenvalue weighted by Gasteiger charge is 1.97. The summed E-state index contributed by atoms with van der Waals surface area (Å²) >= 11 is 0. The summed E-state index contributed by atoms with van der Waals surface area (Å²) in [6, 6.07) is 7.36. The standard InChI is InChI=1S/C8H9O2/c1-9-7-5-3-4-6-8(7)10-2/h3-6H,1H2,2H3. The number of rotatable bonds is 2. The number of hydrogen-bond acceptors (Lipinski definition) is 2. The summed E-state index contributed by atoms with van der Waals surface area (Å²) in [7, 11) is 4.88. The molecule has 0 amide bonds. The Morgan fingerprint density at radius 2 is 1.80 bits per heavy atom. The lowest BCUT2D eigenvalue weighted by atomic mass is 10.3. The summed E-state index contributed by atoms with van der Waals surface area (Å²) < 4.78 is 9.73. The Hall–Kier alpha value is -1.18. The maximum absolute atomic E-state index is 4.97. The lowest BCUT2D eigenvalue weighted by Crippen LogP contribution is -1.86. The van der Waals surface area contributed by atoms with Crippen molar-refractivity contribution in [2.24, 2.45) is 0 Å². The molecule has 53 valence electrons. The highest BCUT2D eigenvalue weighted by atomic mass is 16.5. The summed E-state index contributed by atoms with van der Waals surface area (Å²) in [4.78, 5) is 0. The number of hydrogen-bond donors (Lipinski definition) is 0. The molecule has 0 saturated heterocycles. The monoisotopic (exact) mass is 137 g/mol. The minimum absolute atomic E-state index is 0.657. The average Bonchev–Trinajstić information content (AvgIpc) is 2.04. The van der Waals surface area contributed by atoms with E-state index in [9.17, 15) is 0 Å². The second-order valence-corrected chi connectivity index (χ2v) is 1.80. The number of ether oxygens (including phenoxy) is 2. The Bertz CT molecular complexity index is 185. The van der Waals surface area contributed by atoms with Crippen molar-refractivity contribution in [3.8, 4) is 11.5 Å². The molecule has 0 unspecified atom stereocenters. The van der Waals surface area contributed by atoms with Crippen molar-refractivity contribution in [2.45, 2.75) is 0 Å². The van der Waals surface area contributed by atoms with Gasteiger partial charge in [0, 0.05) is 0 Å². The smallest absolute Gasteiger partial charge is 0.161 e. The molecule has 1 aromatic carbocycles. The van der Waals surface area contributed by atoms with Crippen molar-refractivity contribution in [3.05, 3.63) is 31.4 Å². The van der Waals surface area contributed by atoms with Crippen molar-refractivity contribution in [2.75, 3.05) is 7.11 Å². The van der Waals surface area contributed by atoms with Gasteiger partial charge in [-0.15, -0.1) is 0 Å². The predicted octanol–water partition coefficient (Wildman–Crippen LogP) is 1.87. The molecule has 0 aliphatic carbocycles. The molecular formula is C8H9O2. The summed E-state index contributed by atoms with van der Waals surface area (Å²) in [5.41, 5.74) is 0. The third kappa shape index (κ3) is 1.21. The van der Waals surface area contributed by atoms with Crippen LogP contribution in [0, 0.1) is 7.11 Å². The second kappa shape index (κ2) is 3.11. The van der Waals surface area contributed by atoms with Gasteiger partial charge in [-0.1, -0.05) is 12.1 Å². The van der Waals surface area contributed by atoms with Gasteiger partial charge in [-0.2, -0.15) is 0 Å². The van der Waals surface area contributed by atoms with Gasteiger partial charge < -0.3 is 9.47 Å². The largest absolute Gasteiger partial charge is 0.493 e. The van der Waals surface area contributed by atoms with Crippen LogP contribution in [-0.2, 0) is 0 Å². The normalized spacial score (nSPS) is 9.00. The zero-order chi connectivity index (χ0) is 7.40. The molecule has 0 aliphatic rings. The van der Waals surface area contributed by atoms with Crippen LogP contribution in [0.15, 0.2) is 24.3 Å². The van der Waals surface area contributed by atoms with E-state index in [-0.39, 0.29) is 0 Å². The molecule has 1 rings (SSSR count). The van der Waals surface area contributed by atoms with E-state index < -0.39 is 0 Å². The average molecular weight is 137 g/mol. The molecule has 1 radical (unpaired) electrons. The van der Waals surface area contributed by atoms with Crippen molar-refractivity contribution in [1.82, 2.24) is 0 Å². The molecule has 1 aromatic rings. The molecule has 0 atom stereocenters. The van der Waals surface area contributed by atoms with E-state index in [1.165, 1.54) is 0 Å². The zero-order valence-electron chi connectivity index (χ0n) is 5.83. The highest BCUT2D eigenvalue weighted by Crippen LogP contribution is 2.24. The van der Waals surface area contributed by atoms with Crippen LogP contribution in [0.1, 0.15) is 0 Å². The highest BCUT2D eigenvalue weighted by molar-refractivity contribution is 5.39. The minimum atomic E-state index is 0.657. The van der Waals surface area contributed by atoms with E-state index in [0.29, 0.717) is 11.5 Å². The zero-order valence-corrected chi connectivity index (χ0v) is 5.83. The number of benzene rings is 1. The van der Waals surface area contributed by atoms with Gasteiger partial charge in [0.2, 0.25) is 0 Å². The molecule has 2 heteroatoms.